The summed E-state index contributed by atoms with van der Waals surface area (Å²) < 4.78 is 4.95. The monoisotopic (exact) mass is 446 g/mol. The quantitative estimate of drug-likeness (QED) is 0.0837. The molecule has 0 aliphatic rings. The third-order valence-electron chi connectivity index (χ3n) is 5.80. The zero-order chi connectivity index (χ0) is 23.4. The van der Waals surface area contributed by atoms with Crippen molar-refractivity contribution in [3.8, 4) is 0 Å². The van der Waals surface area contributed by atoms with Crippen molar-refractivity contribution in [1.82, 2.24) is 0 Å². The van der Waals surface area contributed by atoms with Crippen molar-refractivity contribution in [2.45, 2.75) is 142 Å². The molecule has 0 fully saturated rings. The van der Waals surface area contributed by atoms with Crippen LogP contribution in [0.4, 0.5) is 0 Å². The van der Waals surface area contributed by atoms with Gasteiger partial charge in [0.25, 0.3) is 0 Å². The number of hydrogen-bond acceptors (Lipinski definition) is 2. The summed E-state index contributed by atoms with van der Waals surface area (Å²) in [6, 6.07) is 0. The van der Waals surface area contributed by atoms with Crippen molar-refractivity contribution in [3.05, 3.63) is 36.5 Å². The summed E-state index contributed by atoms with van der Waals surface area (Å²) in [6.45, 7) is 4.63. The van der Waals surface area contributed by atoms with Gasteiger partial charge in [0, 0.05) is 6.42 Å². The molecule has 2 heteroatoms. The fourth-order valence-corrected chi connectivity index (χ4v) is 3.78. The van der Waals surface area contributed by atoms with Crippen LogP contribution in [0.2, 0.25) is 0 Å². The lowest BCUT2D eigenvalue weighted by molar-refractivity contribution is -0.143. The van der Waals surface area contributed by atoms with E-state index in [0.717, 1.165) is 19.3 Å². The van der Waals surface area contributed by atoms with Crippen LogP contribution < -0.4 is 0 Å². The molecule has 0 aliphatic heterocycles. The Morgan fingerprint density at radius 1 is 0.531 bits per heavy atom. The van der Waals surface area contributed by atoms with Gasteiger partial charge in [0.05, 0.1) is 6.61 Å². The number of ether oxygens (including phenoxy) is 1. The number of unbranched alkanes of at least 4 members (excludes halogenated alkanes) is 15. The fraction of sp³-hybridized carbons (Fsp3) is 0.767. The molecule has 0 unspecified atom stereocenters. The topological polar surface area (TPSA) is 26.3 Å². The van der Waals surface area contributed by atoms with E-state index in [4.69, 9.17) is 4.74 Å². The van der Waals surface area contributed by atoms with E-state index < -0.39 is 0 Å². The smallest absolute Gasteiger partial charge is 0.305 e. The van der Waals surface area contributed by atoms with Crippen molar-refractivity contribution in [3.63, 3.8) is 0 Å². The summed E-state index contributed by atoms with van der Waals surface area (Å²) in [5.41, 5.74) is 0. The van der Waals surface area contributed by atoms with Crippen molar-refractivity contribution in [2.75, 3.05) is 6.61 Å². The molecule has 0 N–H and O–H groups in total. The summed E-state index contributed by atoms with van der Waals surface area (Å²) in [5, 5.41) is 0. The van der Waals surface area contributed by atoms with Gasteiger partial charge in [-0.15, -0.1) is 0 Å². The molecule has 0 amide bonds. The minimum Gasteiger partial charge on any atom is -0.466 e. The van der Waals surface area contributed by atoms with Gasteiger partial charge in [-0.25, -0.2) is 0 Å². The summed E-state index contributed by atoms with van der Waals surface area (Å²) in [4.78, 5) is 11.2. The molecule has 0 saturated heterocycles. The molecule has 0 aliphatic carbocycles. The normalized spacial score (nSPS) is 11.9. The second-order valence-corrected chi connectivity index (χ2v) is 8.96. The fourth-order valence-electron chi connectivity index (χ4n) is 3.78. The van der Waals surface area contributed by atoms with Gasteiger partial charge in [-0.1, -0.05) is 101 Å². The molecule has 0 aromatic heterocycles. The maximum absolute atomic E-state index is 11.2. The Bertz CT molecular complexity index is 461. The predicted molar refractivity (Wildman–Crippen MR) is 142 cm³/mol. The lowest BCUT2D eigenvalue weighted by Gasteiger charge is -2.02. The molecular weight excluding hydrogens is 392 g/mol. The standard InChI is InChI=1S/C30H54O2/c1-3-5-6-7-8-9-10-11-12-13-14-15-16-17-18-19-20-21-22-23-24-25-26-27-28-29-30(31)32-4-2/h8-9,11-12,20-21H,3-7,10,13-19,22-29H2,1-2H3/b9-8+,12-11+,21-20+. The molecule has 186 valence electrons. The highest BCUT2D eigenvalue weighted by Crippen LogP contribution is 2.11. The van der Waals surface area contributed by atoms with Crippen LogP contribution in [-0.2, 0) is 9.53 Å². The van der Waals surface area contributed by atoms with E-state index in [2.05, 4.69) is 43.4 Å². The second-order valence-electron chi connectivity index (χ2n) is 8.96. The van der Waals surface area contributed by atoms with Gasteiger partial charge in [-0.05, 0) is 71.1 Å². The first-order valence-corrected chi connectivity index (χ1v) is 13.9. The van der Waals surface area contributed by atoms with Gasteiger partial charge in [-0.3, -0.25) is 4.79 Å². The summed E-state index contributed by atoms with van der Waals surface area (Å²) in [6.07, 6.45) is 38.9. The van der Waals surface area contributed by atoms with Gasteiger partial charge in [0.1, 0.15) is 0 Å². The van der Waals surface area contributed by atoms with Crippen LogP contribution in [0.5, 0.6) is 0 Å². The Kier molecular flexibility index (Phi) is 26.6. The highest BCUT2D eigenvalue weighted by molar-refractivity contribution is 5.69. The van der Waals surface area contributed by atoms with Gasteiger partial charge in [0.15, 0.2) is 0 Å². The lowest BCUT2D eigenvalue weighted by atomic mass is 10.1. The average Bonchev–Trinajstić information content (AvgIpc) is 2.79. The zero-order valence-corrected chi connectivity index (χ0v) is 21.6. The first-order chi connectivity index (χ1) is 15.8. The maximum atomic E-state index is 11.2. The van der Waals surface area contributed by atoms with Crippen molar-refractivity contribution < 1.29 is 9.53 Å². The number of carbonyl (C=O) groups excluding carboxylic acids is 1. The first kappa shape index (κ1) is 30.7. The highest BCUT2D eigenvalue weighted by atomic mass is 16.5. The van der Waals surface area contributed by atoms with Crippen LogP contribution in [0, 0.1) is 0 Å². The summed E-state index contributed by atoms with van der Waals surface area (Å²) in [5.74, 6) is -0.0401. The van der Waals surface area contributed by atoms with Crippen LogP contribution in [0.3, 0.4) is 0 Å². The van der Waals surface area contributed by atoms with Crippen LogP contribution in [0.15, 0.2) is 36.5 Å². The third kappa shape index (κ3) is 26.7. The largest absolute Gasteiger partial charge is 0.466 e. The van der Waals surface area contributed by atoms with Gasteiger partial charge in [0.2, 0.25) is 0 Å². The second kappa shape index (κ2) is 27.7. The van der Waals surface area contributed by atoms with E-state index in [1.807, 2.05) is 6.92 Å². The van der Waals surface area contributed by atoms with Crippen LogP contribution in [0.25, 0.3) is 0 Å². The minimum atomic E-state index is -0.0401. The van der Waals surface area contributed by atoms with Crippen molar-refractivity contribution in [1.29, 1.82) is 0 Å². The van der Waals surface area contributed by atoms with E-state index in [-0.39, 0.29) is 5.97 Å². The minimum absolute atomic E-state index is 0.0401. The Morgan fingerprint density at radius 3 is 1.41 bits per heavy atom. The molecule has 32 heavy (non-hydrogen) atoms. The Hall–Kier alpha value is -1.31. The molecule has 0 aromatic rings. The van der Waals surface area contributed by atoms with Crippen LogP contribution in [0.1, 0.15) is 142 Å². The van der Waals surface area contributed by atoms with E-state index in [1.54, 1.807) is 0 Å². The molecule has 0 atom stereocenters. The number of rotatable bonds is 24. The van der Waals surface area contributed by atoms with Crippen molar-refractivity contribution >= 4 is 5.97 Å². The van der Waals surface area contributed by atoms with Gasteiger partial charge >= 0.3 is 5.97 Å². The third-order valence-corrected chi connectivity index (χ3v) is 5.80. The molecule has 0 radical (unpaired) electrons. The number of esters is 1. The molecule has 0 aromatic carbocycles. The number of allylic oxidation sites excluding steroid dienone is 6. The first-order valence-electron chi connectivity index (χ1n) is 13.9. The zero-order valence-electron chi connectivity index (χ0n) is 21.6. The molecule has 0 rings (SSSR count). The maximum Gasteiger partial charge on any atom is 0.305 e. The van der Waals surface area contributed by atoms with Gasteiger partial charge in [-0.2, -0.15) is 0 Å². The van der Waals surface area contributed by atoms with Gasteiger partial charge < -0.3 is 4.74 Å². The Morgan fingerprint density at radius 2 is 0.938 bits per heavy atom. The average molecular weight is 447 g/mol. The SMILES string of the molecule is CCCCC/C=C/C/C=C/CCCCCCC/C=C/CCCCCCCCC(=O)OCC. The van der Waals surface area contributed by atoms with E-state index in [9.17, 15) is 4.79 Å². The number of carbonyl (C=O) groups is 1. The summed E-state index contributed by atoms with van der Waals surface area (Å²) in [7, 11) is 0. The van der Waals surface area contributed by atoms with E-state index >= 15 is 0 Å². The van der Waals surface area contributed by atoms with Crippen LogP contribution in [-0.4, -0.2) is 12.6 Å². The molecule has 0 saturated carbocycles. The molecular formula is C30H54O2. The predicted octanol–water partition coefficient (Wildman–Crippen LogP) is 10.0. The highest BCUT2D eigenvalue weighted by Gasteiger charge is 2.00. The molecule has 0 bridgehead atoms. The summed E-state index contributed by atoms with van der Waals surface area (Å²) >= 11 is 0. The van der Waals surface area contributed by atoms with Crippen molar-refractivity contribution in [2.24, 2.45) is 0 Å². The molecule has 2 nitrogen and oxygen atoms in total. The van der Waals surface area contributed by atoms with Crippen LogP contribution >= 0.6 is 0 Å². The van der Waals surface area contributed by atoms with E-state index in [1.165, 1.54) is 103 Å². The van der Waals surface area contributed by atoms with E-state index in [0.29, 0.717) is 13.0 Å². The number of hydrogen-bond donors (Lipinski definition) is 0. The molecule has 0 spiro atoms. The molecule has 0 heterocycles. The lowest BCUT2D eigenvalue weighted by Crippen LogP contribution is -2.03. The Labute approximate surface area is 201 Å². The Balaban J connectivity index is 3.22.